The van der Waals surface area contributed by atoms with Crippen LogP contribution in [0.15, 0.2) is 35.6 Å². The third-order valence-electron chi connectivity index (χ3n) is 3.74. The van der Waals surface area contributed by atoms with Gasteiger partial charge in [-0.2, -0.15) is 4.98 Å². The number of amides is 1. The van der Waals surface area contributed by atoms with E-state index in [1.54, 1.807) is 24.3 Å². The number of aromatic nitrogens is 4. The highest BCUT2D eigenvalue weighted by Crippen LogP contribution is 2.29. The first-order valence-electron chi connectivity index (χ1n) is 8.21. The van der Waals surface area contributed by atoms with Gasteiger partial charge in [0.1, 0.15) is 10.5 Å². The van der Waals surface area contributed by atoms with Crippen LogP contribution in [0.5, 0.6) is 0 Å². The summed E-state index contributed by atoms with van der Waals surface area (Å²) in [7, 11) is 0. The van der Waals surface area contributed by atoms with Gasteiger partial charge in [0, 0.05) is 5.69 Å². The van der Waals surface area contributed by atoms with Crippen LogP contribution in [-0.2, 0) is 16.0 Å². The minimum Gasteiger partial charge on any atom is -0.481 e. The van der Waals surface area contributed by atoms with E-state index in [4.69, 9.17) is 10.8 Å². The average Bonchev–Trinajstić information content (AvgIpc) is 3.07. The lowest BCUT2D eigenvalue weighted by Gasteiger charge is -2.15. The molecule has 1 aromatic carbocycles. The predicted molar refractivity (Wildman–Crippen MR) is 102 cm³/mol. The fraction of sp³-hybridized carbons (Fsp3) is 0.235. The van der Waals surface area contributed by atoms with Gasteiger partial charge in [-0.1, -0.05) is 30.8 Å². The molecule has 1 amide bonds. The number of carbonyl (C=O) groups is 2. The highest BCUT2D eigenvalue weighted by Gasteiger charge is 2.21. The lowest BCUT2D eigenvalue weighted by molar-refractivity contribution is -0.136. The van der Waals surface area contributed by atoms with Crippen LogP contribution >= 0.6 is 11.8 Å². The Bertz CT molecular complexity index is 990. The van der Waals surface area contributed by atoms with Gasteiger partial charge >= 0.3 is 5.97 Å². The normalized spacial score (nSPS) is 12.0. The Morgan fingerprint density at radius 1 is 1.37 bits per heavy atom. The number of H-pyrrole nitrogens is 1. The minimum absolute atomic E-state index is 0.0914. The van der Waals surface area contributed by atoms with Crippen molar-refractivity contribution in [2.24, 2.45) is 0 Å². The van der Waals surface area contributed by atoms with E-state index < -0.39 is 11.2 Å². The Morgan fingerprint density at radius 2 is 2.19 bits per heavy atom. The second-order valence-electron chi connectivity index (χ2n) is 5.76. The van der Waals surface area contributed by atoms with E-state index >= 15 is 0 Å². The number of carbonyl (C=O) groups excluding carboxylic acids is 1. The molecule has 0 aliphatic carbocycles. The van der Waals surface area contributed by atoms with Crippen molar-refractivity contribution >= 4 is 46.4 Å². The Hall–Kier alpha value is -3.14. The largest absolute Gasteiger partial charge is 0.481 e. The Labute approximate surface area is 158 Å². The molecule has 0 aliphatic heterocycles. The highest BCUT2D eigenvalue weighted by atomic mass is 32.2. The smallest absolute Gasteiger partial charge is 0.307 e. The quantitative estimate of drug-likeness (QED) is 0.356. The van der Waals surface area contributed by atoms with Crippen molar-refractivity contribution in [2.45, 2.75) is 30.0 Å². The molecule has 0 fully saturated rings. The maximum Gasteiger partial charge on any atom is 0.307 e. The van der Waals surface area contributed by atoms with Crippen molar-refractivity contribution in [1.82, 2.24) is 19.9 Å². The molecule has 0 bridgehead atoms. The van der Waals surface area contributed by atoms with Gasteiger partial charge in [-0.15, -0.1) is 0 Å². The molecule has 3 aromatic rings. The number of hydrogen-bond acceptors (Lipinski definition) is 7. The van der Waals surface area contributed by atoms with Crippen molar-refractivity contribution in [2.75, 3.05) is 11.1 Å². The lowest BCUT2D eigenvalue weighted by atomic mass is 10.1. The molecule has 3 rings (SSSR count). The summed E-state index contributed by atoms with van der Waals surface area (Å²) < 4.78 is 0. The first-order chi connectivity index (χ1) is 13.0. The SMILES string of the molecule is CC[C@@H](Sc1nc(N)nc2nc[nH]c12)C(=O)Nc1cccc(CC(=O)O)c1. The Kier molecular flexibility index (Phi) is 5.55. The number of rotatable bonds is 7. The van der Waals surface area contributed by atoms with E-state index in [0.717, 1.165) is 0 Å². The number of nitrogens with zero attached hydrogens (tertiary/aromatic N) is 3. The molecule has 5 N–H and O–H groups in total. The molecule has 0 saturated carbocycles. The van der Waals surface area contributed by atoms with Crippen LogP contribution in [0.1, 0.15) is 18.9 Å². The zero-order valence-electron chi connectivity index (χ0n) is 14.5. The monoisotopic (exact) mass is 386 g/mol. The topological polar surface area (TPSA) is 147 Å². The van der Waals surface area contributed by atoms with Gasteiger partial charge in [0.05, 0.1) is 18.0 Å². The number of thioether (sulfide) groups is 1. The zero-order valence-corrected chi connectivity index (χ0v) is 15.3. The van der Waals surface area contributed by atoms with Gasteiger partial charge in [0.25, 0.3) is 0 Å². The first kappa shape index (κ1) is 18.6. The highest BCUT2D eigenvalue weighted by molar-refractivity contribution is 8.00. The number of imidazole rings is 1. The number of benzene rings is 1. The van der Waals surface area contributed by atoms with Gasteiger partial charge in [0.2, 0.25) is 11.9 Å². The lowest BCUT2D eigenvalue weighted by Crippen LogP contribution is -2.24. The molecule has 9 nitrogen and oxygen atoms in total. The molecule has 0 radical (unpaired) electrons. The van der Waals surface area contributed by atoms with Gasteiger partial charge < -0.3 is 21.1 Å². The molecular formula is C17H18N6O3S. The summed E-state index contributed by atoms with van der Waals surface area (Å²) in [6, 6.07) is 6.78. The van der Waals surface area contributed by atoms with Crippen LogP contribution in [0.25, 0.3) is 11.2 Å². The van der Waals surface area contributed by atoms with Crippen molar-refractivity contribution < 1.29 is 14.7 Å². The number of aliphatic carboxylic acids is 1. The van der Waals surface area contributed by atoms with Gasteiger partial charge in [-0.3, -0.25) is 9.59 Å². The summed E-state index contributed by atoms with van der Waals surface area (Å²) in [5.74, 6) is -1.04. The predicted octanol–water partition coefficient (Wildman–Crippen LogP) is 2.07. The van der Waals surface area contributed by atoms with Crippen LogP contribution in [0.2, 0.25) is 0 Å². The molecule has 140 valence electrons. The number of carboxylic acids is 1. The van der Waals surface area contributed by atoms with E-state index in [0.29, 0.717) is 33.9 Å². The molecule has 0 aliphatic rings. The molecule has 0 spiro atoms. The van der Waals surface area contributed by atoms with E-state index in [1.165, 1.54) is 18.1 Å². The maximum atomic E-state index is 12.7. The average molecular weight is 386 g/mol. The standard InChI is InChI=1S/C17H18N6O3S/c1-2-11(27-16-13-14(20-8-19-13)22-17(18)23-16)15(26)21-10-5-3-4-9(6-10)7-12(24)25/h3-6,8,11H,2,7H2,1H3,(H,21,26)(H,24,25)(H3,18,19,20,22,23)/t11-/m1/s1. The molecule has 2 aromatic heterocycles. The fourth-order valence-electron chi connectivity index (χ4n) is 2.52. The van der Waals surface area contributed by atoms with Crippen molar-refractivity contribution in [3.63, 3.8) is 0 Å². The van der Waals surface area contributed by atoms with Crippen LogP contribution in [0.3, 0.4) is 0 Å². The Balaban J connectivity index is 1.76. The second-order valence-corrected chi connectivity index (χ2v) is 6.95. The van der Waals surface area contributed by atoms with E-state index in [2.05, 4.69) is 25.3 Å². The first-order valence-corrected chi connectivity index (χ1v) is 9.09. The van der Waals surface area contributed by atoms with Gasteiger partial charge in [-0.05, 0) is 24.1 Å². The van der Waals surface area contributed by atoms with Crippen molar-refractivity contribution in [3.8, 4) is 0 Å². The van der Waals surface area contributed by atoms with Crippen LogP contribution in [0, 0.1) is 0 Å². The fourth-order valence-corrected chi connectivity index (χ4v) is 3.54. The summed E-state index contributed by atoms with van der Waals surface area (Å²) >= 11 is 1.27. The van der Waals surface area contributed by atoms with Crippen LogP contribution in [-0.4, -0.2) is 42.2 Å². The van der Waals surface area contributed by atoms with Gasteiger partial charge in [-0.25, -0.2) is 9.97 Å². The zero-order chi connectivity index (χ0) is 19.4. The third-order valence-corrected chi connectivity index (χ3v) is 5.09. The molecule has 27 heavy (non-hydrogen) atoms. The summed E-state index contributed by atoms with van der Waals surface area (Å²) in [4.78, 5) is 38.8. The number of fused-ring (bicyclic) bond motifs is 1. The number of anilines is 2. The molecule has 0 unspecified atom stereocenters. The number of hydrogen-bond donors (Lipinski definition) is 4. The summed E-state index contributed by atoms with van der Waals surface area (Å²) in [6.07, 6.45) is 1.95. The van der Waals surface area contributed by atoms with E-state index in [1.807, 2.05) is 6.92 Å². The summed E-state index contributed by atoms with van der Waals surface area (Å²) in [5.41, 5.74) is 7.96. The molecule has 2 heterocycles. The van der Waals surface area contributed by atoms with Crippen molar-refractivity contribution in [3.05, 3.63) is 36.2 Å². The van der Waals surface area contributed by atoms with Gasteiger partial charge in [0.15, 0.2) is 5.65 Å². The molecule has 1 atom stereocenters. The van der Waals surface area contributed by atoms with Crippen LogP contribution < -0.4 is 11.1 Å². The molecule has 0 saturated heterocycles. The van der Waals surface area contributed by atoms with Crippen molar-refractivity contribution in [1.29, 1.82) is 0 Å². The second kappa shape index (κ2) is 8.04. The summed E-state index contributed by atoms with van der Waals surface area (Å²) in [5, 5.41) is 11.9. The molecular weight excluding hydrogens is 368 g/mol. The van der Waals surface area contributed by atoms with E-state index in [9.17, 15) is 9.59 Å². The number of nitrogen functional groups attached to an aromatic ring is 1. The van der Waals surface area contributed by atoms with E-state index in [-0.39, 0.29) is 18.3 Å². The maximum absolute atomic E-state index is 12.7. The van der Waals surface area contributed by atoms with Crippen LogP contribution in [0.4, 0.5) is 11.6 Å². The third kappa shape index (κ3) is 4.53. The number of aromatic amines is 1. The summed E-state index contributed by atoms with van der Waals surface area (Å²) in [6.45, 7) is 1.90. The number of nitrogens with one attached hydrogen (secondary N) is 2. The number of nitrogens with two attached hydrogens (primary N) is 1. The minimum atomic E-state index is -0.926. The Morgan fingerprint density at radius 3 is 2.93 bits per heavy atom. The molecule has 10 heteroatoms. The number of carboxylic acid groups (broad SMARTS) is 1.